The summed E-state index contributed by atoms with van der Waals surface area (Å²) in [5.74, 6) is -0.441. The highest BCUT2D eigenvalue weighted by Crippen LogP contribution is 2.36. The first-order valence-corrected chi connectivity index (χ1v) is 11.8. The fourth-order valence-electron chi connectivity index (χ4n) is 3.98. The highest BCUT2D eigenvalue weighted by Gasteiger charge is 2.14. The number of nitrogens with one attached hydrogen (secondary N) is 3. The molecule has 0 atom stereocenters. The summed E-state index contributed by atoms with van der Waals surface area (Å²) in [6.07, 6.45) is 0. The second kappa shape index (κ2) is 10.9. The van der Waals surface area contributed by atoms with Crippen LogP contribution in [0.3, 0.4) is 0 Å². The van der Waals surface area contributed by atoms with Crippen molar-refractivity contribution < 1.29 is 10.0 Å². The summed E-state index contributed by atoms with van der Waals surface area (Å²) in [5.41, 5.74) is 2.15. The predicted molar refractivity (Wildman–Crippen MR) is 143 cm³/mol. The molecule has 0 aliphatic rings. The van der Waals surface area contributed by atoms with Crippen LogP contribution in [0.1, 0.15) is 6.92 Å². The lowest BCUT2D eigenvalue weighted by atomic mass is 10.1. The molecule has 4 aromatic carbocycles. The Labute approximate surface area is 208 Å². The SMILES string of the molecule is CC(=O)N(O)c1cccc2cccc(NCCNCCNc3c(Cl)ccc4cccc(Cl)c34)c12. The summed E-state index contributed by atoms with van der Waals surface area (Å²) >= 11 is 12.8. The third kappa shape index (κ3) is 5.21. The van der Waals surface area contributed by atoms with E-state index in [4.69, 9.17) is 23.2 Å². The van der Waals surface area contributed by atoms with Gasteiger partial charge >= 0.3 is 0 Å². The molecule has 0 spiro atoms. The Morgan fingerprint density at radius 2 is 1.44 bits per heavy atom. The molecule has 0 aliphatic heterocycles. The van der Waals surface area contributed by atoms with Gasteiger partial charge in [0.1, 0.15) is 0 Å². The smallest absolute Gasteiger partial charge is 0.247 e. The molecule has 0 heterocycles. The summed E-state index contributed by atoms with van der Waals surface area (Å²) in [6.45, 7) is 4.13. The van der Waals surface area contributed by atoms with Crippen molar-refractivity contribution in [2.75, 3.05) is 41.9 Å². The largest absolute Gasteiger partial charge is 0.383 e. The minimum atomic E-state index is -0.441. The number of hydrogen-bond donors (Lipinski definition) is 4. The summed E-state index contributed by atoms with van der Waals surface area (Å²) < 4.78 is 0. The predicted octanol–water partition coefficient (Wildman–Crippen LogP) is 6.16. The third-order valence-electron chi connectivity index (χ3n) is 5.57. The molecule has 1 amide bonds. The van der Waals surface area contributed by atoms with Crippen molar-refractivity contribution in [1.29, 1.82) is 0 Å². The van der Waals surface area contributed by atoms with Gasteiger partial charge in [-0.25, -0.2) is 0 Å². The van der Waals surface area contributed by atoms with Gasteiger partial charge in [-0.05, 0) is 35.0 Å². The minimum Gasteiger partial charge on any atom is -0.383 e. The quantitative estimate of drug-likeness (QED) is 0.127. The highest BCUT2D eigenvalue weighted by atomic mass is 35.5. The van der Waals surface area contributed by atoms with E-state index in [0.29, 0.717) is 33.9 Å². The molecule has 8 heteroatoms. The molecule has 0 fully saturated rings. The molecular weight excluding hydrogens is 471 g/mol. The Hall–Kier alpha value is -3.03. The monoisotopic (exact) mass is 496 g/mol. The number of nitrogens with zero attached hydrogens (tertiary/aromatic N) is 1. The number of amides is 1. The number of carbonyl (C=O) groups is 1. The van der Waals surface area contributed by atoms with Crippen LogP contribution in [-0.2, 0) is 4.79 Å². The number of halogens is 2. The van der Waals surface area contributed by atoms with E-state index < -0.39 is 5.91 Å². The second-order valence-corrected chi connectivity index (χ2v) is 8.69. The van der Waals surface area contributed by atoms with E-state index in [0.717, 1.165) is 46.0 Å². The van der Waals surface area contributed by atoms with Crippen LogP contribution in [-0.4, -0.2) is 37.3 Å². The number of hydrogen-bond acceptors (Lipinski definition) is 5. The van der Waals surface area contributed by atoms with Gasteiger partial charge in [0.25, 0.3) is 0 Å². The van der Waals surface area contributed by atoms with E-state index in [2.05, 4.69) is 16.0 Å². The van der Waals surface area contributed by atoms with Crippen LogP contribution in [0.15, 0.2) is 66.7 Å². The van der Waals surface area contributed by atoms with Gasteiger partial charge in [0, 0.05) is 49.6 Å². The zero-order valence-corrected chi connectivity index (χ0v) is 20.2. The Kier molecular flexibility index (Phi) is 7.75. The highest BCUT2D eigenvalue weighted by molar-refractivity contribution is 6.40. The van der Waals surface area contributed by atoms with Gasteiger partial charge in [0.15, 0.2) is 0 Å². The normalized spacial score (nSPS) is 11.1. The average molecular weight is 497 g/mol. The van der Waals surface area contributed by atoms with Crippen molar-refractivity contribution in [2.24, 2.45) is 0 Å². The molecule has 0 bridgehead atoms. The summed E-state index contributed by atoms with van der Waals surface area (Å²) in [4.78, 5) is 11.7. The first-order chi connectivity index (χ1) is 16.5. The molecule has 0 saturated carbocycles. The number of benzene rings is 4. The molecule has 0 saturated heterocycles. The van der Waals surface area contributed by atoms with E-state index in [1.807, 2.05) is 60.7 Å². The van der Waals surface area contributed by atoms with Gasteiger partial charge in [-0.3, -0.25) is 10.0 Å². The fourth-order valence-corrected chi connectivity index (χ4v) is 4.48. The van der Waals surface area contributed by atoms with E-state index in [1.54, 1.807) is 6.07 Å². The lowest BCUT2D eigenvalue weighted by Crippen LogP contribution is -2.27. The first kappa shape index (κ1) is 24.1. The number of anilines is 3. The maximum absolute atomic E-state index is 11.7. The van der Waals surface area contributed by atoms with Gasteiger partial charge in [-0.2, -0.15) is 5.06 Å². The number of fused-ring (bicyclic) bond motifs is 2. The van der Waals surface area contributed by atoms with Gasteiger partial charge in [-0.1, -0.05) is 65.7 Å². The van der Waals surface area contributed by atoms with Crippen LogP contribution in [0.4, 0.5) is 17.1 Å². The van der Waals surface area contributed by atoms with E-state index in [-0.39, 0.29) is 0 Å². The number of carbonyl (C=O) groups excluding carboxylic acids is 1. The molecule has 4 N–H and O–H groups in total. The molecule has 0 radical (unpaired) electrons. The van der Waals surface area contributed by atoms with Crippen LogP contribution in [0.25, 0.3) is 21.5 Å². The van der Waals surface area contributed by atoms with Gasteiger partial charge < -0.3 is 16.0 Å². The molecule has 176 valence electrons. The molecular formula is C26H26Cl2N4O2. The van der Waals surface area contributed by atoms with Crippen molar-refractivity contribution in [3.8, 4) is 0 Å². The maximum atomic E-state index is 11.7. The number of hydroxylamine groups is 1. The number of rotatable bonds is 9. The van der Waals surface area contributed by atoms with Crippen molar-refractivity contribution >= 4 is 67.7 Å². The first-order valence-electron chi connectivity index (χ1n) is 11.0. The van der Waals surface area contributed by atoms with Crippen LogP contribution in [0.5, 0.6) is 0 Å². The second-order valence-electron chi connectivity index (χ2n) is 7.88. The molecule has 0 aromatic heterocycles. The van der Waals surface area contributed by atoms with Crippen molar-refractivity contribution in [3.63, 3.8) is 0 Å². The Bertz CT molecular complexity index is 1320. The van der Waals surface area contributed by atoms with Crippen molar-refractivity contribution in [2.45, 2.75) is 6.92 Å². The van der Waals surface area contributed by atoms with Crippen LogP contribution < -0.4 is 21.0 Å². The average Bonchev–Trinajstić information content (AvgIpc) is 2.84. The molecule has 0 aliphatic carbocycles. The summed E-state index contributed by atoms with van der Waals surface area (Å²) in [6, 6.07) is 21.0. The Morgan fingerprint density at radius 3 is 2.18 bits per heavy atom. The molecule has 4 aromatic rings. The fraction of sp³-hybridized carbons (Fsp3) is 0.192. The Balaban J connectivity index is 1.33. The molecule has 6 nitrogen and oxygen atoms in total. The zero-order valence-electron chi connectivity index (χ0n) is 18.7. The zero-order chi connectivity index (χ0) is 24.1. The van der Waals surface area contributed by atoms with E-state index >= 15 is 0 Å². The third-order valence-corrected chi connectivity index (χ3v) is 6.20. The lowest BCUT2D eigenvalue weighted by molar-refractivity contribution is -0.121. The molecule has 34 heavy (non-hydrogen) atoms. The maximum Gasteiger partial charge on any atom is 0.247 e. The summed E-state index contributed by atoms with van der Waals surface area (Å²) in [7, 11) is 0. The van der Waals surface area contributed by atoms with Crippen LogP contribution in [0.2, 0.25) is 10.0 Å². The molecule has 0 unspecified atom stereocenters. The molecule has 4 rings (SSSR count). The van der Waals surface area contributed by atoms with Crippen molar-refractivity contribution in [1.82, 2.24) is 5.32 Å². The van der Waals surface area contributed by atoms with E-state index in [1.165, 1.54) is 6.92 Å². The Morgan fingerprint density at radius 1 is 0.794 bits per heavy atom. The summed E-state index contributed by atoms with van der Waals surface area (Å²) in [5, 5.41) is 26.1. The lowest BCUT2D eigenvalue weighted by Gasteiger charge is -2.18. The van der Waals surface area contributed by atoms with Crippen LogP contribution in [0, 0.1) is 0 Å². The minimum absolute atomic E-state index is 0.441. The standard InChI is InChI=1S/C26H26Cl2N4O2/c1-17(33)32(34)23-10-4-7-18-6-3-9-22(25(18)23)30-15-13-29-14-16-31-26-21(28)12-11-19-5-2-8-20(27)24(19)26/h2-12,29-31,34H,13-16H2,1H3. The van der Waals surface area contributed by atoms with Crippen LogP contribution >= 0.6 is 23.2 Å². The van der Waals surface area contributed by atoms with Gasteiger partial charge in [-0.15, -0.1) is 0 Å². The van der Waals surface area contributed by atoms with Gasteiger partial charge in [0.05, 0.1) is 21.4 Å². The van der Waals surface area contributed by atoms with E-state index in [9.17, 15) is 10.0 Å². The van der Waals surface area contributed by atoms with Gasteiger partial charge in [0.2, 0.25) is 5.91 Å². The van der Waals surface area contributed by atoms with Crippen molar-refractivity contribution in [3.05, 3.63) is 76.8 Å². The topological polar surface area (TPSA) is 76.6 Å².